The van der Waals surface area contributed by atoms with Crippen LogP contribution in [0, 0.1) is 5.92 Å². The van der Waals surface area contributed by atoms with Crippen molar-refractivity contribution < 1.29 is 27.4 Å². The molecule has 1 aromatic carbocycles. The van der Waals surface area contributed by atoms with E-state index in [-0.39, 0.29) is 18.3 Å². The smallest absolute Gasteiger partial charge is 0.449 e. The molecule has 7 heteroatoms. The van der Waals surface area contributed by atoms with Gasteiger partial charge in [0, 0.05) is 5.69 Å². The van der Waals surface area contributed by atoms with Gasteiger partial charge in [0.05, 0.1) is 6.61 Å². The molecule has 0 aliphatic carbocycles. The Morgan fingerprint density at radius 1 is 1.30 bits per heavy atom. The van der Waals surface area contributed by atoms with Gasteiger partial charge in [-0.1, -0.05) is 20.3 Å². The van der Waals surface area contributed by atoms with E-state index in [1.54, 1.807) is 0 Å². The van der Waals surface area contributed by atoms with Crippen LogP contribution in [0.5, 0.6) is 5.75 Å². The molecule has 0 aromatic heterocycles. The molecule has 0 fully saturated rings. The van der Waals surface area contributed by atoms with Gasteiger partial charge in [-0.15, -0.1) is 13.2 Å². The molecule has 0 aliphatic heterocycles. The number of nitrogens with one attached hydrogen (secondary N) is 1. The molecule has 0 heterocycles. The second-order valence-electron chi connectivity index (χ2n) is 4.31. The summed E-state index contributed by atoms with van der Waals surface area (Å²) in [6.07, 6.45) is -4.49. The molecule has 1 N–H and O–H groups in total. The quantitative estimate of drug-likeness (QED) is 0.885. The van der Waals surface area contributed by atoms with Crippen LogP contribution in [0.3, 0.4) is 0 Å². The van der Waals surface area contributed by atoms with E-state index in [0.717, 1.165) is 18.6 Å². The SMILES string of the molecule is CC[C@@H](C)COC(=O)Nc1ccc(OC(F)(F)F)cc1. The number of hydrogen-bond acceptors (Lipinski definition) is 3. The summed E-state index contributed by atoms with van der Waals surface area (Å²) < 4.78 is 44.5. The highest BCUT2D eigenvalue weighted by Crippen LogP contribution is 2.23. The summed E-state index contributed by atoms with van der Waals surface area (Å²) in [6, 6.07) is 4.81. The van der Waals surface area contributed by atoms with Crippen LogP contribution < -0.4 is 10.1 Å². The monoisotopic (exact) mass is 291 g/mol. The van der Waals surface area contributed by atoms with Gasteiger partial charge < -0.3 is 9.47 Å². The van der Waals surface area contributed by atoms with E-state index in [2.05, 4.69) is 10.1 Å². The van der Waals surface area contributed by atoms with Crippen molar-refractivity contribution in [2.24, 2.45) is 5.92 Å². The molecular formula is C13H16F3NO3. The average Bonchev–Trinajstić information content (AvgIpc) is 2.36. The molecule has 1 atom stereocenters. The van der Waals surface area contributed by atoms with Gasteiger partial charge in [0.25, 0.3) is 0 Å². The van der Waals surface area contributed by atoms with Gasteiger partial charge in [0.2, 0.25) is 0 Å². The van der Waals surface area contributed by atoms with Gasteiger partial charge in [0.1, 0.15) is 5.75 Å². The van der Waals surface area contributed by atoms with Crippen LogP contribution in [-0.2, 0) is 4.74 Å². The first-order valence-corrected chi connectivity index (χ1v) is 6.09. The van der Waals surface area contributed by atoms with Crippen molar-refractivity contribution in [3.8, 4) is 5.75 Å². The van der Waals surface area contributed by atoms with Crippen molar-refractivity contribution >= 4 is 11.8 Å². The van der Waals surface area contributed by atoms with Crippen LogP contribution in [0.2, 0.25) is 0 Å². The van der Waals surface area contributed by atoms with E-state index < -0.39 is 12.5 Å². The normalized spacial score (nSPS) is 12.7. The van der Waals surface area contributed by atoms with Crippen molar-refractivity contribution in [3.63, 3.8) is 0 Å². The molecule has 1 amide bonds. The second-order valence-corrected chi connectivity index (χ2v) is 4.31. The van der Waals surface area contributed by atoms with E-state index in [9.17, 15) is 18.0 Å². The lowest BCUT2D eigenvalue weighted by Crippen LogP contribution is -2.18. The van der Waals surface area contributed by atoms with Crippen LogP contribution in [0.4, 0.5) is 23.7 Å². The number of carbonyl (C=O) groups excluding carboxylic acids is 1. The largest absolute Gasteiger partial charge is 0.573 e. The van der Waals surface area contributed by atoms with E-state index >= 15 is 0 Å². The first-order valence-electron chi connectivity index (χ1n) is 6.09. The zero-order valence-electron chi connectivity index (χ0n) is 11.2. The number of anilines is 1. The Bertz CT molecular complexity index is 431. The summed E-state index contributed by atoms with van der Waals surface area (Å²) in [6.45, 7) is 4.21. The Morgan fingerprint density at radius 3 is 2.40 bits per heavy atom. The minimum absolute atomic E-state index is 0.253. The second kappa shape index (κ2) is 7.02. The summed E-state index contributed by atoms with van der Waals surface area (Å²) >= 11 is 0. The Morgan fingerprint density at radius 2 is 1.90 bits per heavy atom. The maximum atomic E-state index is 11.9. The molecule has 0 spiro atoms. The van der Waals surface area contributed by atoms with Gasteiger partial charge in [-0.2, -0.15) is 0 Å². The number of alkyl halides is 3. The third kappa shape index (κ3) is 6.31. The fourth-order valence-corrected chi connectivity index (χ4v) is 1.23. The van der Waals surface area contributed by atoms with Crippen LogP contribution in [0.15, 0.2) is 24.3 Å². The maximum Gasteiger partial charge on any atom is 0.573 e. The van der Waals surface area contributed by atoms with E-state index in [4.69, 9.17) is 4.74 Å². The predicted molar refractivity (Wildman–Crippen MR) is 67.6 cm³/mol. The van der Waals surface area contributed by atoms with Gasteiger partial charge in [-0.05, 0) is 30.2 Å². The lowest BCUT2D eigenvalue weighted by atomic mass is 10.1. The van der Waals surface area contributed by atoms with Gasteiger partial charge in [0.15, 0.2) is 0 Å². The van der Waals surface area contributed by atoms with Crippen molar-refractivity contribution in [1.29, 1.82) is 0 Å². The van der Waals surface area contributed by atoms with Crippen LogP contribution >= 0.6 is 0 Å². The van der Waals surface area contributed by atoms with E-state index in [0.29, 0.717) is 5.69 Å². The molecule has 1 aromatic rings. The summed E-state index contributed by atoms with van der Waals surface area (Å²) in [4.78, 5) is 11.4. The van der Waals surface area contributed by atoms with E-state index in [1.807, 2.05) is 13.8 Å². The fraction of sp³-hybridized carbons (Fsp3) is 0.462. The molecule has 1 rings (SSSR count). The average molecular weight is 291 g/mol. The molecular weight excluding hydrogens is 275 g/mol. The van der Waals surface area contributed by atoms with Gasteiger partial charge in [-0.3, -0.25) is 5.32 Å². The number of amides is 1. The van der Waals surface area contributed by atoms with Crippen molar-refractivity contribution in [2.75, 3.05) is 11.9 Å². The standard InChI is InChI=1S/C13H16F3NO3/c1-3-9(2)8-19-12(18)17-10-4-6-11(7-5-10)20-13(14,15)16/h4-7,9H,3,8H2,1-2H3,(H,17,18)/t9-/m1/s1. The van der Waals surface area contributed by atoms with Crippen molar-refractivity contribution in [2.45, 2.75) is 26.6 Å². The zero-order chi connectivity index (χ0) is 15.2. The van der Waals surface area contributed by atoms with Gasteiger partial charge >= 0.3 is 12.5 Å². The Kier molecular flexibility index (Phi) is 5.66. The topological polar surface area (TPSA) is 47.6 Å². The molecule has 4 nitrogen and oxygen atoms in total. The first kappa shape index (κ1) is 16.1. The minimum atomic E-state index is -4.73. The number of halogens is 3. The van der Waals surface area contributed by atoms with Crippen LogP contribution in [-0.4, -0.2) is 19.1 Å². The van der Waals surface area contributed by atoms with Crippen molar-refractivity contribution in [3.05, 3.63) is 24.3 Å². The summed E-state index contributed by atoms with van der Waals surface area (Å²) in [5.74, 6) is -0.0978. The molecule has 0 aliphatic rings. The van der Waals surface area contributed by atoms with Crippen LogP contribution in [0.25, 0.3) is 0 Å². The van der Waals surface area contributed by atoms with Gasteiger partial charge in [-0.25, -0.2) is 4.79 Å². The highest BCUT2D eigenvalue weighted by molar-refractivity contribution is 5.84. The number of ether oxygens (including phenoxy) is 2. The lowest BCUT2D eigenvalue weighted by Gasteiger charge is -2.11. The molecule has 112 valence electrons. The number of rotatable bonds is 5. The fourth-order valence-electron chi connectivity index (χ4n) is 1.23. The predicted octanol–water partition coefficient (Wildman–Crippen LogP) is 4.18. The summed E-state index contributed by atoms with van der Waals surface area (Å²) in [5.41, 5.74) is 0.327. The third-order valence-corrected chi connectivity index (χ3v) is 2.53. The minimum Gasteiger partial charge on any atom is -0.449 e. The number of carbonyl (C=O) groups is 1. The molecule has 0 saturated heterocycles. The third-order valence-electron chi connectivity index (χ3n) is 2.53. The number of benzene rings is 1. The maximum absolute atomic E-state index is 11.9. The molecule has 0 bridgehead atoms. The Labute approximate surface area is 114 Å². The molecule has 0 radical (unpaired) electrons. The summed E-state index contributed by atoms with van der Waals surface area (Å²) in [7, 11) is 0. The molecule has 20 heavy (non-hydrogen) atoms. The summed E-state index contributed by atoms with van der Waals surface area (Å²) in [5, 5.41) is 2.41. The van der Waals surface area contributed by atoms with E-state index in [1.165, 1.54) is 12.1 Å². The first-order chi connectivity index (χ1) is 9.30. The zero-order valence-corrected chi connectivity index (χ0v) is 11.2. The highest BCUT2D eigenvalue weighted by Gasteiger charge is 2.30. The lowest BCUT2D eigenvalue weighted by molar-refractivity contribution is -0.274. The van der Waals surface area contributed by atoms with Crippen LogP contribution in [0.1, 0.15) is 20.3 Å². The molecule has 0 unspecified atom stereocenters. The number of hydrogen-bond donors (Lipinski definition) is 1. The molecule has 0 saturated carbocycles. The highest BCUT2D eigenvalue weighted by atomic mass is 19.4. The Hall–Kier alpha value is -1.92. The van der Waals surface area contributed by atoms with Crippen molar-refractivity contribution in [1.82, 2.24) is 0 Å². The Balaban J connectivity index is 2.47.